The van der Waals surface area contributed by atoms with E-state index in [2.05, 4.69) is 15.8 Å². The van der Waals surface area contributed by atoms with Crippen molar-refractivity contribution in [2.24, 2.45) is 5.10 Å². The van der Waals surface area contributed by atoms with E-state index in [4.69, 9.17) is 4.74 Å². The van der Waals surface area contributed by atoms with Crippen molar-refractivity contribution in [1.29, 1.82) is 0 Å². The Bertz CT molecular complexity index is 1130. The van der Waals surface area contributed by atoms with E-state index in [1.807, 2.05) is 19.1 Å². The van der Waals surface area contributed by atoms with E-state index >= 15 is 0 Å². The van der Waals surface area contributed by atoms with Gasteiger partial charge in [0.15, 0.2) is 0 Å². The minimum absolute atomic E-state index is 0.242. The van der Waals surface area contributed by atoms with Gasteiger partial charge >= 0.3 is 5.97 Å². The van der Waals surface area contributed by atoms with Crippen LogP contribution in [0.25, 0.3) is 0 Å². The van der Waals surface area contributed by atoms with Crippen LogP contribution in [0.1, 0.15) is 31.8 Å². The Labute approximate surface area is 183 Å². The average Bonchev–Trinajstić information content (AvgIpc) is 2.79. The number of hydrogen-bond donors (Lipinski definition) is 2. The fraction of sp³-hybridized carbons (Fsp3) is 0.0833. The zero-order chi connectivity index (χ0) is 22.9. The summed E-state index contributed by atoms with van der Waals surface area (Å²) in [6.07, 6.45) is 1.41. The molecule has 0 aliphatic carbocycles. The summed E-state index contributed by atoms with van der Waals surface area (Å²) in [6, 6.07) is 18.6. The zero-order valence-corrected chi connectivity index (χ0v) is 17.2. The molecule has 0 saturated heterocycles. The second-order valence-electron chi connectivity index (χ2n) is 6.81. The van der Waals surface area contributed by atoms with Gasteiger partial charge in [0, 0.05) is 5.56 Å². The maximum atomic E-state index is 12.9. The number of carbonyl (C=O) groups is 3. The van der Waals surface area contributed by atoms with E-state index in [1.54, 1.807) is 36.4 Å². The first kappa shape index (κ1) is 22.4. The summed E-state index contributed by atoms with van der Waals surface area (Å²) in [5, 5.41) is 6.23. The number of halogens is 1. The predicted octanol–water partition coefficient (Wildman–Crippen LogP) is 3.23. The van der Waals surface area contributed by atoms with Crippen molar-refractivity contribution in [1.82, 2.24) is 10.7 Å². The molecule has 0 aliphatic heterocycles. The molecule has 0 bridgehead atoms. The summed E-state index contributed by atoms with van der Waals surface area (Å²) in [4.78, 5) is 35.8. The van der Waals surface area contributed by atoms with Gasteiger partial charge in [0.05, 0.1) is 18.3 Å². The molecule has 0 spiro atoms. The number of nitrogens with zero attached hydrogens (tertiary/aromatic N) is 1. The number of benzene rings is 3. The maximum Gasteiger partial charge on any atom is 0.343 e. The molecule has 0 aliphatic rings. The van der Waals surface area contributed by atoms with Gasteiger partial charge in [-0.05, 0) is 73.2 Å². The fourth-order valence-electron chi connectivity index (χ4n) is 2.56. The molecule has 0 unspecified atom stereocenters. The Morgan fingerprint density at radius 1 is 0.906 bits per heavy atom. The number of rotatable bonds is 7. The highest BCUT2D eigenvalue weighted by molar-refractivity contribution is 5.96. The topological polar surface area (TPSA) is 96.9 Å². The lowest BCUT2D eigenvalue weighted by Crippen LogP contribution is -2.34. The van der Waals surface area contributed by atoms with E-state index in [1.165, 1.54) is 18.3 Å². The molecule has 0 fully saturated rings. The Morgan fingerprint density at radius 2 is 1.53 bits per heavy atom. The molecule has 162 valence electrons. The van der Waals surface area contributed by atoms with E-state index in [9.17, 15) is 18.8 Å². The molecule has 2 N–H and O–H groups in total. The van der Waals surface area contributed by atoms with Crippen LogP contribution in [0.15, 0.2) is 77.9 Å². The summed E-state index contributed by atoms with van der Waals surface area (Å²) in [5.74, 6) is -1.56. The molecule has 0 saturated carbocycles. The average molecular weight is 433 g/mol. The predicted molar refractivity (Wildman–Crippen MR) is 117 cm³/mol. The van der Waals surface area contributed by atoms with Gasteiger partial charge in [0.1, 0.15) is 11.6 Å². The van der Waals surface area contributed by atoms with Gasteiger partial charge < -0.3 is 10.1 Å². The molecule has 8 heteroatoms. The summed E-state index contributed by atoms with van der Waals surface area (Å²) < 4.78 is 18.2. The van der Waals surface area contributed by atoms with Gasteiger partial charge in [-0.1, -0.05) is 17.7 Å². The fourth-order valence-corrected chi connectivity index (χ4v) is 2.56. The summed E-state index contributed by atoms with van der Waals surface area (Å²) in [6.45, 7) is 1.64. The number of aryl methyl sites for hydroxylation is 1. The first-order valence-electron chi connectivity index (χ1n) is 9.65. The van der Waals surface area contributed by atoms with Crippen molar-refractivity contribution in [2.45, 2.75) is 6.92 Å². The molecule has 2 amide bonds. The second kappa shape index (κ2) is 10.6. The highest BCUT2D eigenvalue weighted by atomic mass is 19.1. The minimum atomic E-state index is -0.527. The van der Waals surface area contributed by atoms with Crippen molar-refractivity contribution in [3.63, 3.8) is 0 Å². The number of hydrazone groups is 1. The van der Waals surface area contributed by atoms with Crippen LogP contribution in [-0.2, 0) is 4.79 Å². The van der Waals surface area contributed by atoms with Crippen LogP contribution in [0.5, 0.6) is 5.75 Å². The first-order valence-corrected chi connectivity index (χ1v) is 9.65. The van der Waals surface area contributed by atoms with Crippen molar-refractivity contribution in [2.75, 3.05) is 6.54 Å². The third-order valence-corrected chi connectivity index (χ3v) is 4.30. The van der Waals surface area contributed by atoms with Crippen LogP contribution in [0.4, 0.5) is 4.39 Å². The van der Waals surface area contributed by atoms with E-state index in [-0.39, 0.29) is 12.1 Å². The lowest BCUT2D eigenvalue weighted by Gasteiger charge is -2.05. The van der Waals surface area contributed by atoms with Gasteiger partial charge in [-0.2, -0.15) is 5.10 Å². The summed E-state index contributed by atoms with van der Waals surface area (Å²) >= 11 is 0. The summed E-state index contributed by atoms with van der Waals surface area (Å²) in [7, 11) is 0. The molecule has 7 nitrogen and oxygen atoms in total. The van der Waals surface area contributed by atoms with E-state index < -0.39 is 23.6 Å². The van der Waals surface area contributed by atoms with Gasteiger partial charge in [0.2, 0.25) is 0 Å². The normalized spacial score (nSPS) is 10.6. The largest absolute Gasteiger partial charge is 0.423 e. The third kappa shape index (κ3) is 6.60. The van der Waals surface area contributed by atoms with Crippen LogP contribution >= 0.6 is 0 Å². The molecule has 0 aromatic heterocycles. The number of carbonyl (C=O) groups excluding carboxylic acids is 3. The SMILES string of the molecule is Cc1ccc(C(=O)Oc2ccc(/C=N\NC(=O)CNC(=O)c3ccc(F)cc3)cc2)cc1. The van der Waals surface area contributed by atoms with Crippen LogP contribution in [-0.4, -0.2) is 30.5 Å². The first-order chi connectivity index (χ1) is 15.4. The van der Waals surface area contributed by atoms with Crippen LogP contribution < -0.4 is 15.5 Å². The number of nitrogens with one attached hydrogen (secondary N) is 2. The van der Waals surface area contributed by atoms with Gasteiger partial charge in [-0.3, -0.25) is 9.59 Å². The van der Waals surface area contributed by atoms with Crippen molar-refractivity contribution in [3.8, 4) is 5.75 Å². The smallest absolute Gasteiger partial charge is 0.343 e. The number of amides is 2. The molecule has 32 heavy (non-hydrogen) atoms. The molecular formula is C24H20FN3O4. The van der Waals surface area contributed by atoms with E-state index in [0.29, 0.717) is 16.9 Å². The number of ether oxygens (including phenoxy) is 1. The monoisotopic (exact) mass is 433 g/mol. The van der Waals surface area contributed by atoms with Crippen LogP contribution in [0.3, 0.4) is 0 Å². The van der Waals surface area contributed by atoms with Crippen molar-refractivity contribution < 1.29 is 23.5 Å². The molecule has 0 heterocycles. The van der Waals surface area contributed by atoms with Crippen molar-refractivity contribution in [3.05, 3.63) is 101 Å². The Balaban J connectivity index is 1.44. The zero-order valence-electron chi connectivity index (χ0n) is 17.2. The minimum Gasteiger partial charge on any atom is -0.423 e. The Morgan fingerprint density at radius 3 is 2.19 bits per heavy atom. The second-order valence-corrected chi connectivity index (χ2v) is 6.81. The summed E-state index contributed by atoms with van der Waals surface area (Å²) in [5.41, 5.74) is 4.70. The third-order valence-electron chi connectivity index (χ3n) is 4.30. The Hall–Kier alpha value is -4.33. The standard InChI is InChI=1S/C24H20FN3O4/c1-16-2-6-19(7-3-16)24(31)32-21-12-4-17(5-13-21)14-27-28-22(29)15-26-23(30)18-8-10-20(25)11-9-18/h2-14H,15H2,1H3,(H,26,30)(H,28,29)/b27-14-. The lowest BCUT2D eigenvalue weighted by atomic mass is 10.1. The van der Waals surface area contributed by atoms with Crippen LogP contribution in [0, 0.1) is 12.7 Å². The Kier molecular flexibility index (Phi) is 7.42. The number of hydrogen-bond acceptors (Lipinski definition) is 5. The lowest BCUT2D eigenvalue weighted by molar-refractivity contribution is -0.120. The quantitative estimate of drug-likeness (QED) is 0.259. The molecule has 3 aromatic carbocycles. The van der Waals surface area contributed by atoms with Crippen LogP contribution in [0.2, 0.25) is 0 Å². The van der Waals surface area contributed by atoms with Crippen molar-refractivity contribution >= 4 is 24.0 Å². The highest BCUT2D eigenvalue weighted by Gasteiger charge is 2.09. The van der Waals surface area contributed by atoms with Gasteiger partial charge in [0.25, 0.3) is 11.8 Å². The molecule has 3 rings (SSSR count). The number of esters is 1. The molecular weight excluding hydrogens is 413 g/mol. The molecule has 0 radical (unpaired) electrons. The van der Waals surface area contributed by atoms with Gasteiger partial charge in [-0.25, -0.2) is 14.6 Å². The highest BCUT2D eigenvalue weighted by Crippen LogP contribution is 2.14. The van der Waals surface area contributed by atoms with E-state index in [0.717, 1.165) is 17.7 Å². The van der Waals surface area contributed by atoms with Gasteiger partial charge in [-0.15, -0.1) is 0 Å². The molecule has 3 aromatic rings. The molecule has 0 atom stereocenters. The maximum absolute atomic E-state index is 12.9.